The van der Waals surface area contributed by atoms with Crippen LogP contribution in [0.15, 0.2) is 42.9 Å². The van der Waals surface area contributed by atoms with E-state index in [0.717, 1.165) is 24.1 Å². The van der Waals surface area contributed by atoms with Gasteiger partial charge in [0.15, 0.2) is 0 Å². The maximum atomic E-state index is 12.0. The van der Waals surface area contributed by atoms with Crippen molar-refractivity contribution in [3.05, 3.63) is 53.4 Å². The van der Waals surface area contributed by atoms with Gasteiger partial charge in [-0.1, -0.05) is 23.7 Å². The molecule has 182 valence electrons. The Hall–Kier alpha value is -3.48. The van der Waals surface area contributed by atoms with Gasteiger partial charge in [-0.25, -0.2) is 9.97 Å². The standard InChI is InChI=1S/C25H28ClN7O2/c1-24(2)11-19(12-25(3,4)35-24)33-15-18(13-30-33)31-23-29-14-20(26)21(32-23)16-5-7-17(8-6-16)22(34)28-10-9-27/h5-8,13-15,19H,10-12H2,1-4H3,(H,28,34)(H,29,31,32). The van der Waals surface area contributed by atoms with Crippen molar-refractivity contribution in [3.63, 3.8) is 0 Å². The van der Waals surface area contributed by atoms with Crippen LogP contribution in [0.2, 0.25) is 5.02 Å². The smallest absolute Gasteiger partial charge is 0.252 e. The highest BCUT2D eigenvalue weighted by Gasteiger charge is 2.40. The molecule has 0 spiro atoms. The summed E-state index contributed by atoms with van der Waals surface area (Å²) in [6.07, 6.45) is 6.97. The van der Waals surface area contributed by atoms with Crippen LogP contribution in [-0.2, 0) is 4.74 Å². The number of hydrogen-bond acceptors (Lipinski definition) is 7. The van der Waals surface area contributed by atoms with Crippen LogP contribution < -0.4 is 10.6 Å². The van der Waals surface area contributed by atoms with E-state index < -0.39 is 0 Å². The molecule has 0 radical (unpaired) electrons. The molecule has 1 aliphatic heterocycles. The zero-order valence-corrected chi connectivity index (χ0v) is 20.9. The van der Waals surface area contributed by atoms with Gasteiger partial charge in [-0.15, -0.1) is 0 Å². The van der Waals surface area contributed by atoms with Crippen molar-refractivity contribution < 1.29 is 9.53 Å². The summed E-state index contributed by atoms with van der Waals surface area (Å²) in [7, 11) is 0. The van der Waals surface area contributed by atoms with Gasteiger partial charge < -0.3 is 15.4 Å². The van der Waals surface area contributed by atoms with Gasteiger partial charge in [0.2, 0.25) is 5.95 Å². The molecule has 4 rings (SSSR count). The second-order valence-electron chi connectivity index (χ2n) is 9.83. The number of carbonyl (C=O) groups excluding carboxylic acids is 1. The Morgan fingerprint density at radius 3 is 2.54 bits per heavy atom. The molecule has 1 aromatic carbocycles. The Bertz CT molecular complexity index is 1250. The van der Waals surface area contributed by atoms with Gasteiger partial charge in [-0.05, 0) is 52.7 Å². The molecule has 10 heteroatoms. The molecule has 0 unspecified atom stereocenters. The van der Waals surface area contributed by atoms with Crippen molar-refractivity contribution in [3.8, 4) is 17.3 Å². The van der Waals surface area contributed by atoms with Gasteiger partial charge in [-0.3, -0.25) is 9.48 Å². The number of ether oxygens (including phenoxy) is 1. The summed E-state index contributed by atoms with van der Waals surface area (Å²) in [5, 5.41) is 19.3. The first kappa shape index (κ1) is 24.6. The molecule has 3 aromatic rings. The lowest BCUT2D eigenvalue weighted by molar-refractivity contribution is -0.170. The summed E-state index contributed by atoms with van der Waals surface area (Å²) < 4.78 is 8.17. The van der Waals surface area contributed by atoms with Crippen LogP contribution in [-0.4, -0.2) is 43.4 Å². The highest BCUT2D eigenvalue weighted by atomic mass is 35.5. The van der Waals surface area contributed by atoms with Gasteiger partial charge in [-0.2, -0.15) is 10.4 Å². The summed E-state index contributed by atoms with van der Waals surface area (Å²) in [6, 6.07) is 8.93. The third-order valence-corrected chi connectivity index (χ3v) is 6.01. The molecule has 3 heterocycles. The molecule has 1 fully saturated rings. The number of benzene rings is 1. The second-order valence-corrected chi connectivity index (χ2v) is 10.2. The van der Waals surface area contributed by atoms with Crippen LogP contribution in [0.25, 0.3) is 11.3 Å². The largest absolute Gasteiger partial charge is 0.370 e. The third kappa shape index (κ3) is 5.96. The molecule has 1 aliphatic rings. The highest BCUT2D eigenvalue weighted by Crippen LogP contribution is 2.40. The Labute approximate surface area is 209 Å². The van der Waals surface area contributed by atoms with Gasteiger partial charge in [0.1, 0.15) is 6.54 Å². The number of nitrogens with zero attached hydrogens (tertiary/aromatic N) is 5. The number of nitrogens with one attached hydrogen (secondary N) is 2. The minimum Gasteiger partial charge on any atom is -0.370 e. The zero-order chi connectivity index (χ0) is 25.2. The van der Waals surface area contributed by atoms with Crippen LogP contribution >= 0.6 is 11.6 Å². The van der Waals surface area contributed by atoms with Gasteiger partial charge >= 0.3 is 0 Å². The predicted octanol–water partition coefficient (Wildman–Crippen LogP) is 4.90. The Morgan fingerprint density at radius 1 is 1.20 bits per heavy atom. The van der Waals surface area contributed by atoms with Crippen molar-refractivity contribution in [1.82, 2.24) is 25.1 Å². The number of aromatic nitrogens is 4. The molecule has 0 saturated carbocycles. The summed E-state index contributed by atoms with van der Waals surface area (Å²) in [4.78, 5) is 20.9. The van der Waals surface area contributed by atoms with Gasteiger partial charge in [0.25, 0.3) is 5.91 Å². The van der Waals surface area contributed by atoms with E-state index in [2.05, 4.69) is 53.4 Å². The van der Waals surface area contributed by atoms with Crippen LogP contribution in [0.5, 0.6) is 0 Å². The van der Waals surface area contributed by atoms with Crippen molar-refractivity contribution in [2.75, 3.05) is 11.9 Å². The average molecular weight is 494 g/mol. The van der Waals surface area contributed by atoms with E-state index >= 15 is 0 Å². The Balaban J connectivity index is 1.50. The van der Waals surface area contributed by atoms with Crippen LogP contribution in [0, 0.1) is 11.3 Å². The van der Waals surface area contributed by atoms with Crippen LogP contribution in [0.3, 0.4) is 0 Å². The molecule has 0 atom stereocenters. The quantitative estimate of drug-likeness (QED) is 0.469. The highest BCUT2D eigenvalue weighted by molar-refractivity contribution is 6.32. The number of amides is 1. The average Bonchev–Trinajstić information content (AvgIpc) is 3.25. The second kappa shape index (κ2) is 9.64. The first-order valence-electron chi connectivity index (χ1n) is 11.3. The summed E-state index contributed by atoms with van der Waals surface area (Å²) in [5.41, 5.74) is 2.02. The number of halogens is 1. The molecule has 2 N–H and O–H groups in total. The predicted molar refractivity (Wildman–Crippen MR) is 133 cm³/mol. The van der Waals surface area contributed by atoms with E-state index in [4.69, 9.17) is 21.6 Å². The number of anilines is 2. The molecular weight excluding hydrogens is 466 g/mol. The lowest BCUT2D eigenvalue weighted by Crippen LogP contribution is -2.45. The third-order valence-electron chi connectivity index (χ3n) is 5.73. The first-order chi connectivity index (χ1) is 16.5. The minimum atomic E-state index is -0.317. The van der Waals surface area contributed by atoms with Crippen molar-refractivity contribution in [2.24, 2.45) is 0 Å². The number of rotatable bonds is 6. The molecule has 1 amide bonds. The number of nitriles is 1. The Kier molecular flexibility index (Phi) is 6.79. The fourth-order valence-corrected chi connectivity index (χ4v) is 4.79. The fourth-order valence-electron chi connectivity index (χ4n) is 4.59. The summed E-state index contributed by atoms with van der Waals surface area (Å²) in [5.74, 6) is 0.0648. The molecule has 0 bridgehead atoms. The Morgan fingerprint density at radius 2 is 1.89 bits per heavy atom. The lowest BCUT2D eigenvalue weighted by Gasteiger charge is -2.45. The van der Waals surface area contributed by atoms with Crippen LogP contribution in [0.4, 0.5) is 11.6 Å². The number of carbonyl (C=O) groups is 1. The van der Waals surface area contributed by atoms with Crippen molar-refractivity contribution >= 4 is 29.1 Å². The molecule has 35 heavy (non-hydrogen) atoms. The summed E-state index contributed by atoms with van der Waals surface area (Å²) in [6.45, 7) is 8.39. The monoisotopic (exact) mass is 493 g/mol. The first-order valence-corrected chi connectivity index (χ1v) is 11.7. The lowest BCUT2D eigenvalue weighted by atomic mass is 9.85. The normalized spacial score (nSPS) is 16.9. The summed E-state index contributed by atoms with van der Waals surface area (Å²) >= 11 is 6.37. The van der Waals surface area contributed by atoms with Crippen molar-refractivity contribution in [1.29, 1.82) is 5.26 Å². The zero-order valence-electron chi connectivity index (χ0n) is 20.2. The molecule has 0 aliphatic carbocycles. The molecular formula is C25H28ClN7O2. The van der Waals surface area contributed by atoms with Crippen molar-refractivity contribution in [2.45, 2.75) is 57.8 Å². The van der Waals surface area contributed by atoms with Gasteiger partial charge in [0.05, 0.1) is 52.1 Å². The minimum absolute atomic E-state index is 0.0476. The van der Waals surface area contributed by atoms with E-state index in [9.17, 15) is 4.79 Å². The van der Waals surface area contributed by atoms with E-state index in [0.29, 0.717) is 22.2 Å². The molecule has 9 nitrogen and oxygen atoms in total. The van der Waals surface area contributed by atoms with E-state index in [-0.39, 0.29) is 29.7 Å². The van der Waals surface area contributed by atoms with E-state index in [1.54, 1.807) is 30.5 Å². The maximum absolute atomic E-state index is 12.0. The van der Waals surface area contributed by atoms with Crippen LogP contribution in [0.1, 0.15) is 56.9 Å². The van der Waals surface area contributed by atoms with E-state index in [1.165, 1.54) is 6.20 Å². The number of hydrogen-bond donors (Lipinski definition) is 2. The fraction of sp³-hybridized carbons (Fsp3) is 0.400. The maximum Gasteiger partial charge on any atom is 0.252 e. The molecule has 2 aromatic heterocycles. The SMILES string of the molecule is CC1(C)CC(n2cc(Nc3ncc(Cl)c(-c4ccc(C(=O)NCC#N)cc4)n3)cn2)CC(C)(C)O1. The molecule has 1 saturated heterocycles. The van der Waals surface area contributed by atoms with Gasteiger partial charge in [0, 0.05) is 17.3 Å². The van der Waals surface area contributed by atoms with E-state index in [1.807, 2.05) is 16.9 Å². The topological polar surface area (TPSA) is 118 Å².